The first-order valence-corrected chi connectivity index (χ1v) is 7.48. The molecule has 0 bridgehead atoms. The Morgan fingerprint density at radius 2 is 1.62 bits per heavy atom. The third kappa shape index (κ3) is 3.85. The molecule has 8 heteroatoms. The molecule has 2 N–H and O–H groups in total. The second-order valence-corrected chi connectivity index (χ2v) is 5.31. The minimum atomic E-state index is -4.80. The van der Waals surface area contributed by atoms with Crippen LogP contribution in [-0.2, 0) is 0 Å². The van der Waals surface area contributed by atoms with Gasteiger partial charge in [0.2, 0.25) is 0 Å². The second kappa shape index (κ2) is 6.91. The molecule has 5 nitrogen and oxygen atoms in total. The van der Waals surface area contributed by atoms with E-state index >= 15 is 0 Å². The Kier molecular flexibility index (Phi) is 4.66. The number of methoxy groups -OCH3 is 1. The van der Waals surface area contributed by atoms with Gasteiger partial charge in [0, 0.05) is 29.2 Å². The molecular formula is C18H14F3N3O2. The summed E-state index contributed by atoms with van der Waals surface area (Å²) >= 11 is 0. The Morgan fingerprint density at radius 1 is 0.923 bits per heavy atom. The Bertz CT molecular complexity index is 912. The zero-order valence-corrected chi connectivity index (χ0v) is 13.6. The summed E-state index contributed by atoms with van der Waals surface area (Å²) in [4.78, 5) is 8.07. The molecule has 0 aliphatic rings. The lowest BCUT2D eigenvalue weighted by atomic mass is 9.95. The second-order valence-electron chi connectivity index (χ2n) is 5.31. The van der Waals surface area contributed by atoms with Crippen LogP contribution in [0.1, 0.15) is 0 Å². The Labute approximate surface area is 147 Å². The molecule has 0 aliphatic heterocycles. The molecule has 0 unspecified atom stereocenters. The molecule has 0 fully saturated rings. The smallest absolute Gasteiger partial charge is 0.467 e. The minimum absolute atomic E-state index is 0.181. The normalized spacial score (nSPS) is 11.2. The monoisotopic (exact) mass is 361 g/mol. The maximum Gasteiger partial charge on any atom is 0.573 e. The van der Waals surface area contributed by atoms with Crippen LogP contribution >= 0.6 is 0 Å². The van der Waals surface area contributed by atoms with Crippen LogP contribution < -0.4 is 15.2 Å². The number of benzene rings is 2. The molecule has 1 heterocycles. The summed E-state index contributed by atoms with van der Waals surface area (Å²) in [6, 6.07) is 11.0. The predicted molar refractivity (Wildman–Crippen MR) is 90.6 cm³/mol. The van der Waals surface area contributed by atoms with Crippen molar-refractivity contribution in [2.24, 2.45) is 0 Å². The van der Waals surface area contributed by atoms with Crippen LogP contribution in [0.3, 0.4) is 0 Å². The van der Waals surface area contributed by atoms with Crippen molar-refractivity contribution in [2.45, 2.75) is 6.36 Å². The number of aromatic nitrogens is 2. The van der Waals surface area contributed by atoms with Crippen LogP contribution in [0.5, 0.6) is 11.8 Å². The van der Waals surface area contributed by atoms with E-state index in [1.165, 1.54) is 31.6 Å². The molecule has 0 radical (unpaired) electrons. The van der Waals surface area contributed by atoms with Gasteiger partial charge in [0.15, 0.2) is 0 Å². The number of nitrogens with zero attached hydrogens (tertiary/aromatic N) is 2. The van der Waals surface area contributed by atoms with Gasteiger partial charge in [-0.1, -0.05) is 24.3 Å². The van der Waals surface area contributed by atoms with E-state index < -0.39 is 6.36 Å². The average molecular weight is 361 g/mol. The summed E-state index contributed by atoms with van der Waals surface area (Å²) in [6.07, 6.45) is -1.78. The number of alkyl halides is 3. The molecule has 3 aromatic rings. The lowest BCUT2D eigenvalue weighted by Crippen LogP contribution is -2.17. The van der Waals surface area contributed by atoms with Crippen molar-refractivity contribution in [1.29, 1.82) is 0 Å². The van der Waals surface area contributed by atoms with E-state index in [0.717, 1.165) is 0 Å². The Hall–Kier alpha value is -3.29. The highest BCUT2D eigenvalue weighted by Gasteiger charge is 2.32. The molecule has 0 saturated heterocycles. The first kappa shape index (κ1) is 17.5. The standard InChI is InChI=1S/C18H14F3N3O2/c1-25-17-23-9-11(10-24-17)15-8-12(22)6-7-13(15)14-4-2-3-5-16(14)26-18(19,20)21/h2-10H,22H2,1H3. The van der Waals surface area contributed by atoms with Gasteiger partial charge in [0.05, 0.1) is 7.11 Å². The van der Waals surface area contributed by atoms with Crippen LogP contribution in [0.15, 0.2) is 54.9 Å². The first-order valence-electron chi connectivity index (χ1n) is 7.48. The van der Waals surface area contributed by atoms with E-state index in [1.807, 2.05) is 0 Å². The van der Waals surface area contributed by atoms with Crippen LogP contribution in [0.4, 0.5) is 18.9 Å². The van der Waals surface area contributed by atoms with E-state index in [-0.39, 0.29) is 17.3 Å². The average Bonchev–Trinajstić information content (AvgIpc) is 2.61. The number of nitrogens with two attached hydrogens (primary N) is 1. The lowest BCUT2D eigenvalue weighted by Gasteiger charge is -2.16. The molecule has 0 spiro atoms. The predicted octanol–water partition coefficient (Wildman–Crippen LogP) is 4.30. The molecule has 2 aromatic carbocycles. The van der Waals surface area contributed by atoms with Gasteiger partial charge < -0.3 is 15.2 Å². The summed E-state index contributed by atoms with van der Waals surface area (Å²) in [5.74, 6) is -0.305. The van der Waals surface area contributed by atoms with Crippen LogP contribution in [0.2, 0.25) is 0 Å². The highest BCUT2D eigenvalue weighted by molar-refractivity contribution is 5.87. The van der Waals surface area contributed by atoms with E-state index in [4.69, 9.17) is 10.5 Å². The molecule has 26 heavy (non-hydrogen) atoms. The Balaban J connectivity index is 2.15. The maximum absolute atomic E-state index is 12.7. The topological polar surface area (TPSA) is 70.3 Å². The van der Waals surface area contributed by atoms with Crippen molar-refractivity contribution in [3.05, 3.63) is 54.9 Å². The fourth-order valence-corrected chi connectivity index (χ4v) is 2.50. The molecule has 0 aliphatic carbocycles. The van der Waals surface area contributed by atoms with Gasteiger partial charge in [-0.2, -0.15) is 0 Å². The summed E-state index contributed by atoms with van der Waals surface area (Å²) in [7, 11) is 1.44. The maximum atomic E-state index is 12.7. The number of anilines is 1. The zero-order chi connectivity index (χ0) is 18.7. The molecule has 134 valence electrons. The first-order chi connectivity index (χ1) is 12.4. The van der Waals surface area contributed by atoms with E-state index in [2.05, 4.69) is 14.7 Å². The number of nitrogen functional groups attached to an aromatic ring is 1. The van der Waals surface area contributed by atoms with Crippen molar-refractivity contribution in [1.82, 2.24) is 9.97 Å². The minimum Gasteiger partial charge on any atom is -0.467 e. The number of halogens is 3. The highest BCUT2D eigenvalue weighted by atomic mass is 19.4. The number of hydrogen-bond acceptors (Lipinski definition) is 5. The SMILES string of the molecule is COc1ncc(-c2cc(N)ccc2-c2ccccc2OC(F)(F)F)cn1. The van der Waals surface area contributed by atoms with Crippen molar-refractivity contribution in [2.75, 3.05) is 12.8 Å². The van der Waals surface area contributed by atoms with Crippen LogP contribution in [-0.4, -0.2) is 23.4 Å². The number of rotatable bonds is 4. The van der Waals surface area contributed by atoms with E-state index in [1.54, 1.807) is 30.3 Å². The lowest BCUT2D eigenvalue weighted by molar-refractivity contribution is -0.274. The fraction of sp³-hybridized carbons (Fsp3) is 0.111. The van der Waals surface area contributed by atoms with Gasteiger partial charge in [-0.05, 0) is 29.3 Å². The van der Waals surface area contributed by atoms with Gasteiger partial charge in [-0.3, -0.25) is 0 Å². The van der Waals surface area contributed by atoms with Crippen molar-refractivity contribution >= 4 is 5.69 Å². The summed E-state index contributed by atoms with van der Waals surface area (Å²) < 4.78 is 47.3. The van der Waals surface area contributed by atoms with Gasteiger partial charge >= 0.3 is 12.4 Å². The van der Waals surface area contributed by atoms with Gasteiger partial charge in [-0.25, -0.2) is 9.97 Å². The fourth-order valence-electron chi connectivity index (χ4n) is 2.50. The molecule has 3 rings (SSSR count). The largest absolute Gasteiger partial charge is 0.573 e. The van der Waals surface area contributed by atoms with E-state index in [9.17, 15) is 13.2 Å². The van der Waals surface area contributed by atoms with Crippen molar-refractivity contribution in [3.63, 3.8) is 0 Å². The van der Waals surface area contributed by atoms with Crippen molar-refractivity contribution in [3.8, 4) is 34.0 Å². The zero-order valence-electron chi connectivity index (χ0n) is 13.6. The van der Waals surface area contributed by atoms with Gasteiger partial charge in [0.1, 0.15) is 5.75 Å². The molecule has 0 saturated carbocycles. The Morgan fingerprint density at radius 3 is 2.27 bits per heavy atom. The quantitative estimate of drug-likeness (QED) is 0.702. The van der Waals surface area contributed by atoms with Crippen LogP contribution in [0, 0.1) is 0 Å². The third-order valence-corrected chi connectivity index (χ3v) is 3.57. The van der Waals surface area contributed by atoms with Crippen LogP contribution in [0.25, 0.3) is 22.3 Å². The van der Waals surface area contributed by atoms with Crippen molar-refractivity contribution < 1.29 is 22.6 Å². The molecule has 0 amide bonds. The summed E-state index contributed by atoms with van der Waals surface area (Å²) in [5.41, 5.74) is 8.25. The highest BCUT2D eigenvalue weighted by Crippen LogP contribution is 2.39. The van der Waals surface area contributed by atoms with Gasteiger partial charge in [-0.15, -0.1) is 13.2 Å². The summed E-state index contributed by atoms with van der Waals surface area (Å²) in [6.45, 7) is 0. The third-order valence-electron chi connectivity index (χ3n) is 3.57. The molecule has 0 atom stereocenters. The number of para-hydroxylation sites is 1. The molecule has 1 aromatic heterocycles. The number of hydrogen-bond donors (Lipinski definition) is 1. The number of ether oxygens (including phenoxy) is 2. The van der Waals surface area contributed by atoms with E-state index in [0.29, 0.717) is 22.4 Å². The summed E-state index contributed by atoms with van der Waals surface area (Å²) in [5, 5.41) is 0. The molecular weight excluding hydrogens is 347 g/mol. The van der Waals surface area contributed by atoms with Gasteiger partial charge in [0.25, 0.3) is 0 Å².